The molecule has 3 rings (SSSR count). The van der Waals surface area contributed by atoms with E-state index >= 15 is 13.2 Å². The summed E-state index contributed by atoms with van der Waals surface area (Å²) in [5, 5.41) is 6.25. The van der Waals surface area contributed by atoms with Gasteiger partial charge in [0.05, 0.1) is 40.1 Å². The van der Waals surface area contributed by atoms with Gasteiger partial charge in [-0.05, 0) is 44.3 Å². The molecule has 1 aromatic heterocycles. The number of rotatable bonds is 10. The first kappa shape index (κ1) is 34.0. The maximum atomic E-state index is 16.1. The van der Waals surface area contributed by atoms with Gasteiger partial charge in [-0.15, -0.1) is 0 Å². The highest BCUT2D eigenvalue weighted by Gasteiger charge is 2.70. The molecule has 0 radical (unpaired) electrons. The van der Waals surface area contributed by atoms with Crippen molar-refractivity contribution >= 4 is 45.0 Å². The van der Waals surface area contributed by atoms with E-state index in [1.807, 2.05) is 0 Å². The number of amides is 1. The molecule has 1 aliphatic carbocycles. The molecule has 2 aromatic rings. The van der Waals surface area contributed by atoms with Crippen LogP contribution in [0.4, 0.5) is 36.8 Å². The van der Waals surface area contributed by atoms with Gasteiger partial charge in [0.2, 0.25) is 0 Å². The Hall–Kier alpha value is -3.46. The number of likely N-dealkylation sites (N-methyl/N-ethyl adjacent to an activating group) is 1. The number of halogens is 8. The molecule has 43 heavy (non-hydrogen) atoms. The number of aromatic nitrogens is 2. The summed E-state index contributed by atoms with van der Waals surface area (Å²) in [6.45, 7) is 0.666. The van der Waals surface area contributed by atoms with Gasteiger partial charge in [-0.1, -0.05) is 23.2 Å². The molecule has 0 spiro atoms. The number of carbonyl (C=O) groups excluding carboxylic acids is 1. The number of benzene rings is 1. The third-order valence-corrected chi connectivity index (χ3v) is 8.39. The monoisotopic (exact) mass is 675 g/mol. The predicted octanol–water partition coefficient (Wildman–Crippen LogP) is 5.40. The molecule has 1 amide bonds. The van der Waals surface area contributed by atoms with E-state index in [1.54, 1.807) is 6.92 Å². The maximum absolute atomic E-state index is 16.1. The van der Waals surface area contributed by atoms with E-state index in [-0.39, 0.29) is 9.77 Å². The van der Waals surface area contributed by atoms with Crippen LogP contribution in [0.3, 0.4) is 0 Å². The minimum Gasteiger partial charge on any atom is -0.494 e. The van der Waals surface area contributed by atoms with Crippen LogP contribution in [0.15, 0.2) is 63.9 Å². The van der Waals surface area contributed by atoms with Crippen molar-refractivity contribution in [2.24, 2.45) is 0 Å². The van der Waals surface area contributed by atoms with Crippen molar-refractivity contribution in [3.8, 4) is 11.8 Å². The van der Waals surface area contributed by atoms with E-state index in [1.165, 1.54) is 24.3 Å². The number of hydrogen-bond acceptors (Lipinski definition) is 8. The molecule has 2 atom stereocenters. The fraction of sp³-hybridized carbons (Fsp3) is 0.375. The summed E-state index contributed by atoms with van der Waals surface area (Å²) in [6, 6.07) is 4.83. The van der Waals surface area contributed by atoms with Crippen molar-refractivity contribution in [1.29, 1.82) is 5.26 Å². The van der Waals surface area contributed by atoms with Gasteiger partial charge in [0.25, 0.3) is 5.67 Å². The summed E-state index contributed by atoms with van der Waals surface area (Å²) < 4.78 is 125. The Bertz CT molecular complexity index is 1560. The zero-order valence-corrected chi connectivity index (χ0v) is 24.3. The smallest absolute Gasteiger partial charge is 0.429 e. The van der Waals surface area contributed by atoms with Crippen LogP contribution < -0.4 is 10.1 Å². The van der Waals surface area contributed by atoms with Crippen molar-refractivity contribution in [3.05, 3.63) is 63.9 Å². The zero-order chi connectivity index (χ0) is 32.4. The number of carbonyl (C=O) groups is 1. The van der Waals surface area contributed by atoms with E-state index in [9.17, 15) is 31.6 Å². The van der Waals surface area contributed by atoms with Gasteiger partial charge in [0, 0.05) is 18.4 Å². The van der Waals surface area contributed by atoms with Crippen LogP contribution in [0.5, 0.6) is 5.75 Å². The Kier molecular flexibility index (Phi) is 10.0. The van der Waals surface area contributed by atoms with E-state index in [2.05, 4.69) is 10.4 Å². The second-order valence-corrected chi connectivity index (χ2v) is 11.4. The highest BCUT2D eigenvalue weighted by molar-refractivity contribution is 7.91. The van der Waals surface area contributed by atoms with Gasteiger partial charge in [-0.25, -0.2) is 9.18 Å². The molecule has 0 bridgehead atoms. The first-order valence-corrected chi connectivity index (χ1v) is 14.1. The average Bonchev–Trinajstić information content (AvgIpc) is 3.45. The molecule has 1 aromatic carbocycles. The highest BCUT2D eigenvalue weighted by atomic mass is 35.5. The average molecular weight is 676 g/mol. The molecule has 1 N–H and O–H groups in total. The molecule has 2 unspecified atom stereocenters. The molecule has 0 saturated heterocycles. The van der Waals surface area contributed by atoms with Crippen molar-refractivity contribution in [2.75, 3.05) is 32.1 Å². The highest BCUT2D eigenvalue weighted by Crippen LogP contribution is 2.56. The quantitative estimate of drug-likeness (QED) is 0.332. The van der Waals surface area contributed by atoms with E-state index in [0.29, 0.717) is 23.5 Å². The number of nitriles is 1. The first-order chi connectivity index (χ1) is 19.9. The van der Waals surface area contributed by atoms with Crippen LogP contribution in [0.2, 0.25) is 0 Å². The number of alkyl halides is 6. The Morgan fingerprint density at radius 1 is 1.23 bits per heavy atom. The van der Waals surface area contributed by atoms with Gasteiger partial charge < -0.3 is 9.47 Å². The lowest BCUT2D eigenvalue weighted by Gasteiger charge is -2.43. The lowest BCUT2D eigenvalue weighted by molar-refractivity contribution is -0.229. The fourth-order valence-corrected chi connectivity index (χ4v) is 6.24. The van der Waals surface area contributed by atoms with Crippen molar-refractivity contribution in [1.82, 2.24) is 14.1 Å². The summed E-state index contributed by atoms with van der Waals surface area (Å²) in [5.74, 6) is 0.507. The topological polar surface area (TPSA) is 127 Å². The normalized spacial score (nSPS) is 19.8. The molecular formula is C24H21Cl2F6N5O5S. The summed E-state index contributed by atoms with van der Waals surface area (Å²) in [4.78, 5) is 12.6. The van der Waals surface area contributed by atoms with Gasteiger partial charge in [-0.3, -0.25) is 10.2 Å². The van der Waals surface area contributed by atoms with Crippen LogP contribution in [-0.2, 0) is 14.8 Å². The number of ether oxygens (including phenoxy) is 2. The van der Waals surface area contributed by atoms with Crippen LogP contribution in [0, 0.1) is 11.3 Å². The minimum atomic E-state index is -5.97. The Morgan fingerprint density at radius 2 is 1.86 bits per heavy atom. The molecule has 19 heteroatoms. The van der Waals surface area contributed by atoms with E-state index in [0.717, 1.165) is 25.4 Å². The van der Waals surface area contributed by atoms with Crippen LogP contribution >= 0.6 is 23.2 Å². The predicted molar refractivity (Wildman–Crippen MR) is 142 cm³/mol. The van der Waals surface area contributed by atoms with Gasteiger partial charge >= 0.3 is 27.5 Å². The molecule has 0 fully saturated rings. The minimum absolute atomic E-state index is 0.197. The zero-order valence-electron chi connectivity index (χ0n) is 22.0. The Morgan fingerprint density at radius 3 is 2.37 bits per heavy atom. The lowest BCUT2D eigenvalue weighted by Crippen LogP contribution is -2.61. The van der Waals surface area contributed by atoms with Gasteiger partial charge in [-0.2, -0.15) is 44.8 Å². The molecule has 234 valence electrons. The Labute approximate surface area is 251 Å². The number of nitrogens with one attached hydrogen (secondary N) is 1. The van der Waals surface area contributed by atoms with Gasteiger partial charge in [0.15, 0.2) is 0 Å². The lowest BCUT2D eigenvalue weighted by atomic mass is 9.80. The second kappa shape index (κ2) is 12.6. The van der Waals surface area contributed by atoms with E-state index < -0.39 is 73.6 Å². The molecular weight excluding hydrogens is 655 g/mol. The van der Waals surface area contributed by atoms with Gasteiger partial charge in [0.1, 0.15) is 18.4 Å². The second-order valence-electron chi connectivity index (χ2n) is 8.74. The van der Waals surface area contributed by atoms with Crippen molar-refractivity contribution in [2.45, 2.75) is 30.1 Å². The largest absolute Gasteiger partial charge is 0.494 e. The fourth-order valence-electron chi connectivity index (χ4n) is 4.04. The number of nitrogens with zero attached hydrogens (tertiary/aromatic N) is 4. The van der Waals surface area contributed by atoms with Crippen molar-refractivity contribution < 1.29 is 49.0 Å². The maximum Gasteiger partial charge on any atom is 0.429 e. The molecule has 1 aliphatic rings. The van der Waals surface area contributed by atoms with E-state index in [4.69, 9.17) is 32.7 Å². The Balaban J connectivity index is 1.95. The summed E-state index contributed by atoms with van der Waals surface area (Å²) >= 11 is 11.7. The third kappa shape index (κ3) is 6.28. The SMILES string of the molecule is CCOc1ccc(NC(=O)OCCN(C)C2C(Cl)=C(C(F)(F)S(=O)(=O)n3cccn3)C(Cl)=C(C#N)C2(F)C(F)(F)F)cc1. The first-order valence-electron chi connectivity index (χ1n) is 11.9. The number of allylic oxidation sites excluding steroid dienone is 1. The van der Waals surface area contributed by atoms with Crippen LogP contribution in [0.25, 0.3) is 0 Å². The summed E-state index contributed by atoms with van der Waals surface area (Å²) in [5.41, 5.74) is -8.54. The number of hydrogen-bond donors (Lipinski definition) is 1. The summed E-state index contributed by atoms with van der Waals surface area (Å²) in [6.07, 6.45) is -5.63. The number of anilines is 1. The summed E-state index contributed by atoms with van der Waals surface area (Å²) in [7, 11) is -5.09. The van der Waals surface area contributed by atoms with Crippen molar-refractivity contribution in [3.63, 3.8) is 0 Å². The molecule has 0 aliphatic heterocycles. The molecule has 1 heterocycles. The standard InChI is InChI=1S/C24H21Cl2F6N5O5S/c1-3-41-15-7-5-14(6-8-15)35-21(38)42-12-11-36(2)20-19(26)17(18(25)16(13-33)22(20,27)24(30,31)32)23(28,29)43(39,40)37-10-4-9-34-37/h4-10,20H,3,11-12H2,1-2H3,(H,35,38). The molecule has 0 saturated carbocycles. The van der Waals surface area contributed by atoms with Crippen LogP contribution in [0.1, 0.15) is 6.92 Å². The molecule has 10 nitrogen and oxygen atoms in total. The third-order valence-electron chi connectivity index (χ3n) is 6.05. The van der Waals surface area contributed by atoms with Crippen LogP contribution in [-0.4, -0.2) is 78.5 Å².